The predicted octanol–water partition coefficient (Wildman–Crippen LogP) is 7.33. The van der Waals surface area contributed by atoms with Crippen LogP contribution in [0.2, 0.25) is 0 Å². The quantitative estimate of drug-likeness (QED) is 0.185. The molecule has 0 unspecified atom stereocenters. The summed E-state index contributed by atoms with van der Waals surface area (Å²) in [5.41, 5.74) is 3.12. The van der Waals surface area contributed by atoms with Gasteiger partial charge in [-0.2, -0.15) is 0 Å². The molecule has 0 atom stereocenters. The fraction of sp³-hybridized carbons (Fsp3) is 0.115. The molecule has 0 amide bonds. The third-order valence-corrected chi connectivity index (χ3v) is 7.53. The molecule has 8 heteroatoms. The van der Waals surface area contributed by atoms with Crippen LogP contribution in [0.25, 0.3) is 31.4 Å². The molecule has 0 aliphatic heterocycles. The second kappa shape index (κ2) is 9.93. The van der Waals surface area contributed by atoms with Crippen LogP contribution in [0.5, 0.6) is 5.75 Å². The number of hydrogen-bond donors (Lipinski definition) is 0. The van der Waals surface area contributed by atoms with E-state index in [4.69, 9.17) is 20.8 Å². The minimum Gasteiger partial charge on any atom is -0.486 e. The number of aromatic nitrogens is 2. The summed E-state index contributed by atoms with van der Waals surface area (Å²) in [6, 6.07) is 23.1. The van der Waals surface area contributed by atoms with Crippen LogP contribution < -0.4 is 10.4 Å². The second-order valence-electron chi connectivity index (χ2n) is 7.48. The number of aryl methyl sites for hydroxylation is 1. The van der Waals surface area contributed by atoms with Crippen molar-refractivity contribution in [2.45, 2.75) is 19.4 Å². The van der Waals surface area contributed by atoms with Crippen LogP contribution in [0.1, 0.15) is 15.6 Å². The number of alkyl halides is 1. The number of fused-ring (bicyclic) bond motifs is 3. The zero-order valence-corrected chi connectivity index (χ0v) is 20.5. The normalized spacial score (nSPS) is 11.0. The van der Waals surface area contributed by atoms with E-state index in [-0.39, 0.29) is 5.63 Å². The molecule has 0 bridgehead atoms. The minimum atomic E-state index is -0.349. The first kappa shape index (κ1) is 22.5. The lowest BCUT2D eigenvalue weighted by molar-refractivity contribution is 0.305. The van der Waals surface area contributed by atoms with Gasteiger partial charge in [-0.15, -0.1) is 34.3 Å². The van der Waals surface area contributed by atoms with Crippen molar-refractivity contribution in [3.8, 4) is 5.75 Å². The molecule has 0 saturated heterocycles. The first-order valence-corrected chi connectivity index (χ1v) is 12.7. The van der Waals surface area contributed by atoms with Gasteiger partial charge in [-0.1, -0.05) is 24.3 Å². The lowest BCUT2D eigenvalue weighted by Gasteiger charge is -2.06. The molecule has 34 heavy (non-hydrogen) atoms. The molecular formula is C26H19ClN2O3S2. The maximum absolute atomic E-state index is 11.5. The molecule has 0 N–H and O–H groups in total. The molecule has 5 nitrogen and oxygen atoms in total. The van der Waals surface area contributed by atoms with E-state index in [2.05, 4.69) is 16.0 Å². The molecule has 0 aliphatic rings. The Bertz CT molecular complexity index is 1590. The molecule has 170 valence electrons. The van der Waals surface area contributed by atoms with Crippen molar-refractivity contribution < 1.29 is 9.15 Å². The van der Waals surface area contributed by atoms with Crippen LogP contribution in [-0.4, -0.2) is 9.97 Å². The van der Waals surface area contributed by atoms with E-state index >= 15 is 0 Å². The maximum Gasteiger partial charge on any atom is 0.336 e. The number of para-hydroxylation sites is 2. The number of halogens is 1. The lowest BCUT2D eigenvalue weighted by Crippen LogP contribution is -1.99. The number of ether oxygens (including phenoxy) is 1. The van der Waals surface area contributed by atoms with Gasteiger partial charge in [-0.3, -0.25) is 0 Å². The van der Waals surface area contributed by atoms with Gasteiger partial charge in [0, 0.05) is 17.5 Å². The Balaban J connectivity index is 0.000000183. The van der Waals surface area contributed by atoms with E-state index in [0.717, 1.165) is 36.7 Å². The molecule has 6 aromatic rings. The largest absolute Gasteiger partial charge is 0.486 e. The summed E-state index contributed by atoms with van der Waals surface area (Å²) in [6.07, 6.45) is 0. The summed E-state index contributed by atoms with van der Waals surface area (Å²) in [6.45, 7) is 2.28. The summed E-state index contributed by atoms with van der Waals surface area (Å²) in [7, 11) is 0. The molecule has 0 fully saturated rings. The van der Waals surface area contributed by atoms with Crippen LogP contribution in [0.3, 0.4) is 0 Å². The molecule has 6 rings (SSSR count). The smallest absolute Gasteiger partial charge is 0.336 e. The van der Waals surface area contributed by atoms with Crippen molar-refractivity contribution >= 4 is 65.7 Å². The summed E-state index contributed by atoms with van der Waals surface area (Å²) < 4.78 is 13.4. The second-order valence-corrected chi connectivity index (χ2v) is 9.98. The van der Waals surface area contributed by atoms with E-state index in [9.17, 15) is 4.79 Å². The van der Waals surface area contributed by atoms with Gasteiger partial charge in [0.1, 0.15) is 28.0 Å². The van der Waals surface area contributed by atoms with Gasteiger partial charge in [-0.05, 0) is 48.9 Å². The zero-order chi connectivity index (χ0) is 23.5. The van der Waals surface area contributed by atoms with Crippen molar-refractivity contribution in [2.75, 3.05) is 0 Å². The predicted molar refractivity (Wildman–Crippen MR) is 140 cm³/mol. The Hall–Kier alpha value is -3.26. The Morgan fingerprint density at radius 1 is 0.882 bits per heavy atom. The van der Waals surface area contributed by atoms with Gasteiger partial charge in [0.05, 0.1) is 26.3 Å². The first-order valence-electron chi connectivity index (χ1n) is 10.5. The van der Waals surface area contributed by atoms with E-state index in [0.29, 0.717) is 23.8 Å². The summed E-state index contributed by atoms with van der Waals surface area (Å²) in [4.78, 5) is 20.3. The molecular weight excluding hydrogens is 488 g/mol. The molecule has 0 radical (unpaired) electrons. The van der Waals surface area contributed by atoms with E-state index in [1.807, 2.05) is 61.5 Å². The van der Waals surface area contributed by atoms with Gasteiger partial charge >= 0.3 is 5.63 Å². The number of rotatable bonds is 4. The minimum absolute atomic E-state index is 0.349. The number of nitrogens with zero attached hydrogens (tertiary/aromatic N) is 2. The third kappa shape index (κ3) is 4.97. The highest BCUT2D eigenvalue weighted by Gasteiger charge is 2.07. The number of thiazole rings is 2. The van der Waals surface area contributed by atoms with Gasteiger partial charge in [0.15, 0.2) is 0 Å². The maximum atomic E-state index is 11.5. The summed E-state index contributed by atoms with van der Waals surface area (Å²) >= 11 is 8.92. The molecule has 0 spiro atoms. The van der Waals surface area contributed by atoms with E-state index in [1.165, 1.54) is 10.8 Å². The standard InChI is InChI=1S/C18H13NO3S.C8H6ClNS/c1-11-8-18(20)22-15-9-12(6-7-13(11)15)21-10-17-19-14-4-2-3-5-16(14)23-17;9-5-8-10-6-3-1-2-4-7(6)11-8/h2-9H,10H2,1H3;1-4H,5H2. The van der Waals surface area contributed by atoms with Gasteiger partial charge in [0.25, 0.3) is 0 Å². The van der Waals surface area contributed by atoms with Gasteiger partial charge < -0.3 is 9.15 Å². The van der Waals surface area contributed by atoms with Crippen LogP contribution in [-0.2, 0) is 12.5 Å². The van der Waals surface area contributed by atoms with Gasteiger partial charge in [-0.25, -0.2) is 14.8 Å². The van der Waals surface area contributed by atoms with E-state index < -0.39 is 0 Å². The Morgan fingerprint density at radius 3 is 2.21 bits per heavy atom. The topological polar surface area (TPSA) is 65.2 Å². The van der Waals surface area contributed by atoms with Gasteiger partial charge in [0.2, 0.25) is 0 Å². The van der Waals surface area contributed by atoms with Crippen LogP contribution in [0, 0.1) is 6.92 Å². The van der Waals surface area contributed by atoms with Crippen molar-refractivity contribution in [3.63, 3.8) is 0 Å². The van der Waals surface area contributed by atoms with E-state index in [1.54, 1.807) is 28.7 Å². The zero-order valence-electron chi connectivity index (χ0n) is 18.2. The lowest BCUT2D eigenvalue weighted by atomic mass is 10.1. The Labute approximate surface area is 208 Å². The fourth-order valence-corrected chi connectivity index (χ4v) is 5.42. The van der Waals surface area contributed by atoms with Crippen molar-refractivity contribution in [1.82, 2.24) is 9.97 Å². The number of hydrogen-bond acceptors (Lipinski definition) is 7. The molecule has 3 heterocycles. The monoisotopic (exact) mass is 506 g/mol. The Morgan fingerprint density at radius 2 is 1.53 bits per heavy atom. The fourth-order valence-electron chi connectivity index (χ4n) is 3.50. The molecule has 3 aromatic heterocycles. The molecule has 0 saturated carbocycles. The van der Waals surface area contributed by atoms with Crippen LogP contribution in [0.4, 0.5) is 0 Å². The highest BCUT2D eigenvalue weighted by molar-refractivity contribution is 7.19. The molecule has 3 aromatic carbocycles. The average Bonchev–Trinajstić information content (AvgIpc) is 3.46. The van der Waals surface area contributed by atoms with Crippen molar-refractivity contribution in [3.05, 3.63) is 98.8 Å². The van der Waals surface area contributed by atoms with Crippen molar-refractivity contribution in [1.29, 1.82) is 0 Å². The van der Waals surface area contributed by atoms with Crippen molar-refractivity contribution in [2.24, 2.45) is 0 Å². The average molecular weight is 507 g/mol. The molecule has 0 aliphatic carbocycles. The summed E-state index contributed by atoms with van der Waals surface area (Å²) in [5, 5.41) is 2.82. The van der Waals surface area contributed by atoms with Crippen LogP contribution in [0.15, 0.2) is 82.0 Å². The third-order valence-electron chi connectivity index (χ3n) is 5.08. The highest BCUT2D eigenvalue weighted by atomic mass is 35.5. The Kier molecular flexibility index (Phi) is 6.58. The van der Waals surface area contributed by atoms with Crippen LogP contribution >= 0.6 is 34.3 Å². The first-order chi connectivity index (χ1) is 16.6. The SMILES string of the molecule is Cc1cc(=O)oc2cc(OCc3nc4ccccc4s3)ccc12.ClCc1nc2ccccc2s1. The summed E-state index contributed by atoms with van der Waals surface area (Å²) in [5.74, 6) is 1.17. The number of benzene rings is 3. The highest BCUT2D eigenvalue weighted by Crippen LogP contribution is 2.26.